The van der Waals surface area contributed by atoms with Crippen LogP contribution in [0.15, 0.2) is 18.2 Å². The fourth-order valence-electron chi connectivity index (χ4n) is 1.96. The molecule has 1 aromatic rings. The molecule has 0 aliphatic rings. The second-order valence-electron chi connectivity index (χ2n) is 5.88. The van der Waals surface area contributed by atoms with Crippen molar-refractivity contribution in [3.63, 3.8) is 0 Å². The predicted molar refractivity (Wildman–Crippen MR) is 86.2 cm³/mol. The van der Waals surface area contributed by atoms with Gasteiger partial charge in [0, 0.05) is 42.5 Å². The molecule has 0 radical (unpaired) electrons. The van der Waals surface area contributed by atoms with Gasteiger partial charge in [-0.3, -0.25) is 0 Å². The van der Waals surface area contributed by atoms with Crippen LogP contribution in [0.5, 0.6) is 0 Å². The number of rotatable bonds is 7. The van der Waals surface area contributed by atoms with Crippen LogP contribution in [0.3, 0.4) is 0 Å². The number of halogens is 1. The van der Waals surface area contributed by atoms with Crippen LogP contribution >= 0.6 is 11.6 Å². The molecule has 0 aliphatic carbocycles. The fourth-order valence-corrected chi connectivity index (χ4v) is 2.19. The highest BCUT2D eigenvalue weighted by atomic mass is 35.5. The zero-order valence-electron chi connectivity index (χ0n) is 12.8. The normalized spacial score (nSPS) is 11.4. The van der Waals surface area contributed by atoms with Crippen LogP contribution in [0.1, 0.15) is 39.7 Å². The van der Waals surface area contributed by atoms with Gasteiger partial charge in [-0.1, -0.05) is 45.4 Å². The summed E-state index contributed by atoms with van der Waals surface area (Å²) in [6.45, 7) is 10.7. The zero-order chi connectivity index (χ0) is 14.4. The Morgan fingerprint density at radius 2 is 1.89 bits per heavy atom. The van der Waals surface area contributed by atoms with Crippen molar-refractivity contribution < 1.29 is 0 Å². The Kier molecular flexibility index (Phi) is 6.67. The molecule has 3 heteroatoms. The third-order valence-corrected chi connectivity index (χ3v) is 3.59. The van der Waals surface area contributed by atoms with Crippen LogP contribution in [0.2, 0.25) is 5.02 Å². The Labute approximate surface area is 123 Å². The third-order valence-electron chi connectivity index (χ3n) is 3.23. The lowest BCUT2D eigenvalue weighted by atomic mass is 10.1. The summed E-state index contributed by atoms with van der Waals surface area (Å²) >= 11 is 6.35. The molecular formula is C16H27ClN2. The highest BCUT2D eigenvalue weighted by molar-refractivity contribution is 6.31. The van der Waals surface area contributed by atoms with Crippen molar-refractivity contribution in [3.8, 4) is 0 Å². The van der Waals surface area contributed by atoms with Crippen molar-refractivity contribution >= 4 is 17.3 Å². The summed E-state index contributed by atoms with van der Waals surface area (Å²) in [6.07, 6.45) is 1.19. The minimum atomic E-state index is 0.463. The minimum Gasteiger partial charge on any atom is -0.374 e. The van der Waals surface area contributed by atoms with E-state index >= 15 is 0 Å². The number of benzene rings is 1. The molecule has 0 saturated heterocycles. The largest absolute Gasteiger partial charge is 0.374 e. The molecule has 0 unspecified atom stereocenters. The SMILES string of the molecule is CC(C)CCN(C)c1cccc(Cl)c1CNC(C)C. The molecule has 0 spiro atoms. The number of hydrogen-bond donors (Lipinski definition) is 1. The molecule has 2 nitrogen and oxygen atoms in total. The highest BCUT2D eigenvalue weighted by Gasteiger charge is 2.11. The lowest BCUT2D eigenvalue weighted by Crippen LogP contribution is -2.26. The molecule has 0 amide bonds. The third kappa shape index (κ3) is 5.42. The fraction of sp³-hybridized carbons (Fsp3) is 0.625. The van der Waals surface area contributed by atoms with Crippen molar-refractivity contribution in [3.05, 3.63) is 28.8 Å². The maximum atomic E-state index is 6.35. The first kappa shape index (κ1) is 16.3. The average molecular weight is 283 g/mol. The molecule has 0 bridgehead atoms. The second-order valence-corrected chi connectivity index (χ2v) is 6.28. The molecule has 19 heavy (non-hydrogen) atoms. The van der Waals surface area contributed by atoms with Crippen molar-refractivity contribution in [2.75, 3.05) is 18.5 Å². The van der Waals surface area contributed by atoms with Crippen molar-refractivity contribution in [1.82, 2.24) is 5.32 Å². The molecule has 0 aromatic heterocycles. The Bertz CT molecular complexity index is 388. The number of nitrogens with one attached hydrogen (secondary N) is 1. The van der Waals surface area contributed by atoms with Crippen molar-refractivity contribution in [1.29, 1.82) is 0 Å². The van der Waals surface area contributed by atoms with Gasteiger partial charge >= 0.3 is 0 Å². The van der Waals surface area contributed by atoms with Gasteiger partial charge in [-0.15, -0.1) is 0 Å². The number of hydrogen-bond acceptors (Lipinski definition) is 2. The van der Waals surface area contributed by atoms with Gasteiger partial charge < -0.3 is 10.2 Å². The van der Waals surface area contributed by atoms with E-state index in [1.165, 1.54) is 17.7 Å². The first-order valence-electron chi connectivity index (χ1n) is 7.13. The van der Waals surface area contributed by atoms with E-state index in [0.29, 0.717) is 6.04 Å². The standard InChI is InChI=1S/C16H27ClN2/c1-12(2)9-10-19(5)16-8-6-7-15(17)14(16)11-18-13(3)4/h6-8,12-13,18H,9-11H2,1-5H3. The first-order chi connectivity index (χ1) is 8.91. The summed E-state index contributed by atoms with van der Waals surface area (Å²) in [5, 5.41) is 4.30. The quantitative estimate of drug-likeness (QED) is 0.801. The summed E-state index contributed by atoms with van der Waals surface area (Å²) in [7, 11) is 2.15. The Morgan fingerprint density at radius 3 is 2.47 bits per heavy atom. The van der Waals surface area contributed by atoms with Crippen LogP contribution < -0.4 is 10.2 Å². The van der Waals surface area contributed by atoms with Gasteiger partial charge in [-0.2, -0.15) is 0 Å². The van der Waals surface area contributed by atoms with Crippen molar-refractivity contribution in [2.24, 2.45) is 5.92 Å². The molecule has 1 rings (SSSR count). The van der Waals surface area contributed by atoms with Crippen LogP contribution in [0, 0.1) is 5.92 Å². The number of anilines is 1. The van der Waals surface area contributed by atoms with Gasteiger partial charge in [0.2, 0.25) is 0 Å². The van der Waals surface area contributed by atoms with Crippen LogP contribution in [0.25, 0.3) is 0 Å². The van der Waals surface area contributed by atoms with Gasteiger partial charge in [0.15, 0.2) is 0 Å². The van der Waals surface area contributed by atoms with E-state index in [2.05, 4.69) is 51.0 Å². The van der Waals surface area contributed by atoms with Gasteiger partial charge in [0.1, 0.15) is 0 Å². The summed E-state index contributed by atoms with van der Waals surface area (Å²) in [5.41, 5.74) is 2.44. The molecule has 1 aromatic carbocycles. The summed E-state index contributed by atoms with van der Waals surface area (Å²) in [5.74, 6) is 0.721. The van der Waals surface area contributed by atoms with Gasteiger partial charge in [0.05, 0.1) is 0 Å². The van der Waals surface area contributed by atoms with E-state index in [0.717, 1.165) is 24.0 Å². The molecular weight excluding hydrogens is 256 g/mol. The van der Waals surface area contributed by atoms with Gasteiger partial charge in [-0.05, 0) is 24.5 Å². The maximum Gasteiger partial charge on any atom is 0.0471 e. The Morgan fingerprint density at radius 1 is 1.21 bits per heavy atom. The topological polar surface area (TPSA) is 15.3 Å². The molecule has 0 aliphatic heterocycles. The lowest BCUT2D eigenvalue weighted by Gasteiger charge is -2.24. The van der Waals surface area contributed by atoms with E-state index < -0.39 is 0 Å². The maximum absolute atomic E-state index is 6.35. The van der Waals surface area contributed by atoms with Crippen LogP contribution in [-0.4, -0.2) is 19.6 Å². The summed E-state index contributed by atoms with van der Waals surface area (Å²) < 4.78 is 0. The molecule has 0 atom stereocenters. The van der Waals surface area contributed by atoms with E-state index in [9.17, 15) is 0 Å². The van der Waals surface area contributed by atoms with E-state index in [-0.39, 0.29) is 0 Å². The predicted octanol–water partition coefficient (Wildman–Crippen LogP) is 4.32. The summed E-state index contributed by atoms with van der Waals surface area (Å²) in [4.78, 5) is 2.31. The average Bonchev–Trinajstić information content (AvgIpc) is 2.33. The van der Waals surface area contributed by atoms with Gasteiger partial charge in [0.25, 0.3) is 0 Å². The van der Waals surface area contributed by atoms with Crippen LogP contribution in [-0.2, 0) is 6.54 Å². The molecule has 0 saturated carbocycles. The first-order valence-corrected chi connectivity index (χ1v) is 7.51. The van der Waals surface area contributed by atoms with E-state index in [4.69, 9.17) is 11.6 Å². The molecule has 1 N–H and O–H groups in total. The lowest BCUT2D eigenvalue weighted by molar-refractivity contribution is 0.577. The Balaban J connectivity index is 2.83. The zero-order valence-corrected chi connectivity index (χ0v) is 13.6. The van der Waals surface area contributed by atoms with E-state index in [1.807, 2.05) is 12.1 Å². The smallest absolute Gasteiger partial charge is 0.0471 e. The van der Waals surface area contributed by atoms with E-state index in [1.54, 1.807) is 0 Å². The highest BCUT2D eigenvalue weighted by Crippen LogP contribution is 2.27. The van der Waals surface area contributed by atoms with Crippen molar-refractivity contribution in [2.45, 2.75) is 46.7 Å². The molecule has 0 fully saturated rings. The molecule has 108 valence electrons. The summed E-state index contributed by atoms with van der Waals surface area (Å²) in [6, 6.07) is 6.62. The minimum absolute atomic E-state index is 0.463. The monoisotopic (exact) mass is 282 g/mol. The van der Waals surface area contributed by atoms with Crippen LogP contribution in [0.4, 0.5) is 5.69 Å². The second kappa shape index (κ2) is 7.76. The van der Waals surface area contributed by atoms with Gasteiger partial charge in [-0.25, -0.2) is 0 Å². The molecule has 0 heterocycles. The number of nitrogens with zero attached hydrogens (tertiary/aromatic N) is 1. The Hall–Kier alpha value is -0.730.